The number of carboxylic acids is 1. The number of sulfone groups is 1. The number of likely N-dealkylation sites (tertiary alicyclic amines) is 1. The van der Waals surface area contributed by atoms with Gasteiger partial charge in [-0.1, -0.05) is 43.5 Å². The van der Waals surface area contributed by atoms with Gasteiger partial charge in [-0.3, -0.25) is 4.79 Å². The Labute approximate surface area is 218 Å². The molecule has 7 nitrogen and oxygen atoms in total. The quantitative estimate of drug-likeness (QED) is 0.393. The molecule has 1 aliphatic carbocycles. The van der Waals surface area contributed by atoms with Gasteiger partial charge in [0.15, 0.2) is 9.84 Å². The molecule has 1 heterocycles. The Morgan fingerprint density at radius 2 is 1.55 bits per heavy atom. The van der Waals surface area contributed by atoms with E-state index in [1.165, 1.54) is 24.1 Å². The second-order valence-corrected chi connectivity index (χ2v) is 12.0. The molecule has 2 aromatic rings. The molecule has 1 atom stereocenters. The summed E-state index contributed by atoms with van der Waals surface area (Å²) in [5, 5.41) is 9.18. The zero-order chi connectivity index (χ0) is 27.7. The van der Waals surface area contributed by atoms with Gasteiger partial charge in [-0.15, -0.1) is 0 Å². The Balaban J connectivity index is 1.79. The summed E-state index contributed by atoms with van der Waals surface area (Å²) in [6, 6.07) is 9.19. The lowest BCUT2D eigenvalue weighted by Crippen LogP contribution is -2.52. The van der Waals surface area contributed by atoms with Crippen LogP contribution in [0, 0.1) is 5.82 Å². The van der Waals surface area contributed by atoms with Crippen LogP contribution >= 0.6 is 0 Å². The van der Waals surface area contributed by atoms with Crippen LogP contribution in [0.15, 0.2) is 59.5 Å². The van der Waals surface area contributed by atoms with Gasteiger partial charge >= 0.3 is 5.97 Å². The van der Waals surface area contributed by atoms with Gasteiger partial charge in [0.25, 0.3) is 12.0 Å². The Morgan fingerprint density at radius 3 is 2.08 bits per heavy atom. The normalized spacial score (nSPS) is 21.2. The van der Waals surface area contributed by atoms with E-state index in [1.807, 2.05) is 0 Å². The van der Waals surface area contributed by atoms with E-state index in [0.717, 1.165) is 55.7 Å². The SMILES string of the molecule is COC1(C(=O)N2CC[C@](c3ccc(C(C(=O)O)=C(F)F)cc3)(S(=O)(=O)c3ccc(F)cc3)C2)CCCCC1. The number of ether oxygens (including phenoxy) is 1. The van der Waals surface area contributed by atoms with E-state index in [2.05, 4.69) is 0 Å². The van der Waals surface area contributed by atoms with Crippen LogP contribution in [0.25, 0.3) is 5.57 Å². The van der Waals surface area contributed by atoms with Gasteiger partial charge in [0.1, 0.15) is 21.7 Å². The van der Waals surface area contributed by atoms with Crippen molar-refractivity contribution in [2.24, 2.45) is 0 Å². The highest BCUT2D eigenvalue weighted by Crippen LogP contribution is 2.45. The van der Waals surface area contributed by atoms with Crippen LogP contribution < -0.4 is 0 Å². The molecule has 38 heavy (non-hydrogen) atoms. The molecule has 0 aromatic heterocycles. The van der Waals surface area contributed by atoms with Gasteiger partial charge in [0, 0.05) is 20.2 Å². The van der Waals surface area contributed by atoms with E-state index in [9.17, 15) is 36.3 Å². The molecule has 2 aliphatic rings. The Kier molecular flexibility index (Phi) is 7.72. The highest BCUT2D eigenvalue weighted by Gasteiger charge is 2.54. The number of benzene rings is 2. The molecule has 0 radical (unpaired) electrons. The van der Waals surface area contributed by atoms with Crippen molar-refractivity contribution in [3.05, 3.63) is 71.6 Å². The number of hydrogen-bond acceptors (Lipinski definition) is 5. The zero-order valence-electron chi connectivity index (χ0n) is 20.8. The van der Waals surface area contributed by atoms with Crippen molar-refractivity contribution in [2.45, 2.75) is 53.8 Å². The molecule has 2 fully saturated rings. The van der Waals surface area contributed by atoms with Crippen LogP contribution in [0.2, 0.25) is 0 Å². The number of methoxy groups -OCH3 is 1. The predicted molar refractivity (Wildman–Crippen MR) is 132 cm³/mol. The van der Waals surface area contributed by atoms with Crippen LogP contribution in [0.5, 0.6) is 0 Å². The minimum Gasteiger partial charge on any atom is -0.477 e. The first-order valence-electron chi connectivity index (χ1n) is 12.2. The van der Waals surface area contributed by atoms with Gasteiger partial charge in [0.2, 0.25) is 0 Å². The summed E-state index contributed by atoms with van der Waals surface area (Å²) in [5.74, 6) is -2.74. The molecule has 0 spiro atoms. The van der Waals surface area contributed by atoms with Crippen LogP contribution in [0.4, 0.5) is 13.2 Å². The average molecular weight is 552 g/mol. The molecular formula is C27H28F3NO6S. The van der Waals surface area contributed by atoms with Crippen LogP contribution in [0.1, 0.15) is 49.7 Å². The summed E-state index contributed by atoms with van der Waals surface area (Å²) in [7, 11) is -2.77. The molecule has 0 unspecified atom stereocenters. The van der Waals surface area contributed by atoms with Crippen LogP contribution in [0.3, 0.4) is 0 Å². The number of aliphatic carboxylic acids is 1. The minimum absolute atomic E-state index is 0.00328. The molecule has 1 N–H and O–H groups in total. The Morgan fingerprint density at radius 1 is 0.947 bits per heavy atom. The summed E-state index contributed by atoms with van der Waals surface area (Å²) >= 11 is 0. The van der Waals surface area contributed by atoms with Crippen molar-refractivity contribution < 1.29 is 41.0 Å². The van der Waals surface area contributed by atoms with Gasteiger partial charge in [0.05, 0.1) is 4.90 Å². The van der Waals surface area contributed by atoms with Crippen molar-refractivity contribution in [3.8, 4) is 0 Å². The van der Waals surface area contributed by atoms with Crippen LogP contribution in [-0.2, 0) is 28.9 Å². The molecule has 1 aliphatic heterocycles. The fraction of sp³-hybridized carbons (Fsp3) is 0.407. The topological polar surface area (TPSA) is 101 Å². The third kappa shape index (κ3) is 4.73. The molecule has 1 saturated heterocycles. The summed E-state index contributed by atoms with van der Waals surface area (Å²) in [6.07, 6.45) is 1.23. The lowest BCUT2D eigenvalue weighted by molar-refractivity contribution is -0.158. The summed E-state index contributed by atoms with van der Waals surface area (Å²) in [4.78, 5) is 26.3. The van der Waals surface area contributed by atoms with E-state index < -0.39 is 43.6 Å². The van der Waals surface area contributed by atoms with E-state index in [0.29, 0.717) is 12.8 Å². The second kappa shape index (κ2) is 10.5. The highest BCUT2D eigenvalue weighted by atomic mass is 32.2. The van der Waals surface area contributed by atoms with Crippen molar-refractivity contribution in [1.29, 1.82) is 0 Å². The number of amides is 1. The molecule has 2 aromatic carbocycles. The molecule has 1 saturated carbocycles. The van der Waals surface area contributed by atoms with E-state index in [4.69, 9.17) is 4.74 Å². The maximum absolute atomic E-state index is 14.1. The first-order chi connectivity index (χ1) is 18.0. The first kappa shape index (κ1) is 27.8. The fourth-order valence-corrected chi connectivity index (χ4v) is 7.65. The standard InChI is InChI=1S/C27H28F3NO6S/c1-37-26(13-3-2-4-14-26)25(34)31-16-15-27(17-31,38(35,36)21-11-9-20(28)10-12-21)19-7-5-18(6-8-19)22(23(29)30)24(32)33/h5-12H,2-4,13-17H2,1H3,(H,32,33)/t27-/m0/s1. The van der Waals surface area contributed by atoms with Gasteiger partial charge in [-0.25, -0.2) is 17.6 Å². The second-order valence-electron chi connectivity index (χ2n) is 9.71. The number of hydrogen-bond donors (Lipinski definition) is 1. The first-order valence-corrected chi connectivity index (χ1v) is 13.7. The largest absolute Gasteiger partial charge is 0.477 e. The van der Waals surface area contributed by atoms with Crippen molar-refractivity contribution in [1.82, 2.24) is 4.90 Å². The lowest BCUT2D eigenvalue weighted by atomic mass is 9.83. The summed E-state index contributed by atoms with van der Waals surface area (Å²) < 4.78 is 72.3. The molecule has 11 heteroatoms. The fourth-order valence-electron chi connectivity index (χ4n) is 5.58. The molecule has 4 rings (SSSR count). The number of rotatable bonds is 7. The van der Waals surface area contributed by atoms with Gasteiger partial charge < -0.3 is 14.7 Å². The predicted octanol–water partition coefficient (Wildman–Crippen LogP) is 4.77. The number of halogens is 3. The van der Waals surface area contributed by atoms with Crippen molar-refractivity contribution in [2.75, 3.05) is 20.2 Å². The van der Waals surface area contributed by atoms with Crippen molar-refractivity contribution >= 4 is 27.3 Å². The van der Waals surface area contributed by atoms with Crippen molar-refractivity contribution in [3.63, 3.8) is 0 Å². The van der Waals surface area contributed by atoms with E-state index in [-0.39, 0.29) is 41.4 Å². The van der Waals surface area contributed by atoms with E-state index >= 15 is 0 Å². The molecule has 204 valence electrons. The summed E-state index contributed by atoms with van der Waals surface area (Å²) in [6.45, 7) is -0.124. The third-order valence-corrected chi connectivity index (χ3v) is 10.2. The van der Waals surface area contributed by atoms with Crippen LogP contribution in [-0.4, -0.2) is 56.1 Å². The number of carboxylic acid groups (broad SMARTS) is 1. The third-order valence-electron chi connectivity index (χ3n) is 7.70. The number of nitrogens with zero attached hydrogens (tertiary/aromatic N) is 1. The van der Waals surface area contributed by atoms with Gasteiger partial charge in [-0.2, -0.15) is 8.78 Å². The number of carbonyl (C=O) groups is 2. The smallest absolute Gasteiger partial charge is 0.341 e. The lowest BCUT2D eigenvalue weighted by Gasteiger charge is -2.38. The van der Waals surface area contributed by atoms with E-state index in [1.54, 1.807) is 0 Å². The molecule has 0 bridgehead atoms. The average Bonchev–Trinajstić information content (AvgIpc) is 3.36. The Bertz CT molecular complexity index is 1350. The zero-order valence-corrected chi connectivity index (χ0v) is 21.6. The molecular weight excluding hydrogens is 523 g/mol. The molecule has 1 amide bonds. The highest BCUT2D eigenvalue weighted by molar-refractivity contribution is 7.92. The maximum Gasteiger partial charge on any atom is 0.341 e. The monoisotopic (exact) mass is 551 g/mol. The summed E-state index contributed by atoms with van der Waals surface area (Å²) in [5.41, 5.74) is -2.31. The van der Waals surface area contributed by atoms with Gasteiger partial charge in [-0.05, 0) is 54.7 Å². The maximum atomic E-state index is 14.1. The Hall–Kier alpha value is -3.18. The number of carbonyl (C=O) groups excluding carboxylic acids is 1. The minimum atomic E-state index is -4.24.